The number of nitrogens with zero attached hydrogens (tertiary/aromatic N) is 4. The van der Waals surface area contributed by atoms with Gasteiger partial charge in [0.05, 0.1) is 17.5 Å². The number of aromatic nitrogens is 4. The zero-order chi connectivity index (χ0) is 19.1. The Balaban J connectivity index is 1.56. The third-order valence-electron chi connectivity index (χ3n) is 4.53. The van der Waals surface area contributed by atoms with Crippen LogP contribution in [0.3, 0.4) is 0 Å². The van der Waals surface area contributed by atoms with Gasteiger partial charge < -0.3 is 14.3 Å². The lowest BCUT2D eigenvalue weighted by atomic mass is 10.2. The lowest BCUT2D eigenvalue weighted by Crippen LogP contribution is -2.17. The van der Waals surface area contributed by atoms with E-state index in [0.717, 1.165) is 10.9 Å². The van der Waals surface area contributed by atoms with Crippen LogP contribution < -0.4 is 5.32 Å². The summed E-state index contributed by atoms with van der Waals surface area (Å²) in [6.07, 6.45) is 3.27. The first-order valence-corrected chi connectivity index (χ1v) is 8.73. The summed E-state index contributed by atoms with van der Waals surface area (Å²) < 4.78 is 7.45. The van der Waals surface area contributed by atoms with Crippen molar-refractivity contribution in [1.82, 2.24) is 19.5 Å². The lowest BCUT2D eigenvalue weighted by molar-refractivity contribution is 0.102. The largest absolute Gasteiger partial charge is 0.435 e. The standard InChI is InChI=1S/C21H15N5O2/c1-26-12-23-18(21-25-14-8-2-3-10-16(14)28-21)19(26)20(27)24-15-9-4-6-13-7-5-11-22-17(13)15/h2-12H,1H3,(H,24,27). The molecule has 0 unspecified atom stereocenters. The van der Waals surface area contributed by atoms with Gasteiger partial charge in [0.1, 0.15) is 11.2 Å². The van der Waals surface area contributed by atoms with Crippen molar-refractivity contribution in [3.05, 3.63) is 72.8 Å². The molecular formula is C21H15N5O2. The number of amides is 1. The zero-order valence-electron chi connectivity index (χ0n) is 15.0. The van der Waals surface area contributed by atoms with Gasteiger partial charge in [0.25, 0.3) is 5.91 Å². The first-order chi connectivity index (χ1) is 13.7. The minimum absolute atomic E-state index is 0.308. The quantitative estimate of drug-likeness (QED) is 0.519. The molecule has 7 heteroatoms. The molecule has 5 rings (SSSR count). The number of rotatable bonds is 3. The fourth-order valence-corrected chi connectivity index (χ4v) is 3.21. The smallest absolute Gasteiger partial charge is 0.274 e. The highest BCUT2D eigenvalue weighted by Crippen LogP contribution is 2.27. The van der Waals surface area contributed by atoms with E-state index >= 15 is 0 Å². The van der Waals surface area contributed by atoms with Gasteiger partial charge in [-0.2, -0.15) is 0 Å². The Morgan fingerprint density at radius 2 is 1.89 bits per heavy atom. The number of benzene rings is 2. The van der Waals surface area contributed by atoms with Crippen molar-refractivity contribution >= 4 is 33.6 Å². The Hall–Kier alpha value is -4.00. The van der Waals surface area contributed by atoms with Crippen LogP contribution in [0.2, 0.25) is 0 Å². The molecule has 0 saturated heterocycles. The molecule has 0 atom stereocenters. The molecule has 0 bridgehead atoms. The number of fused-ring (bicyclic) bond motifs is 2. The Kier molecular flexibility index (Phi) is 3.65. The maximum Gasteiger partial charge on any atom is 0.274 e. The van der Waals surface area contributed by atoms with E-state index in [0.29, 0.717) is 34.1 Å². The van der Waals surface area contributed by atoms with E-state index in [-0.39, 0.29) is 5.91 Å². The molecule has 2 aromatic carbocycles. The molecule has 0 aliphatic heterocycles. The molecule has 28 heavy (non-hydrogen) atoms. The van der Waals surface area contributed by atoms with Gasteiger partial charge in [-0.1, -0.05) is 30.3 Å². The number of oxazole rings is 1. The van der Waals surface area contributed by atoms with Crippen molar-refractivity contribution in [1.29, 1.82) is 0 Å². The Labute approximate surface area is 159 Å². The second-order valence-corrected chi connectivity index (χ2v) is 6.37. The van der Waals surface area contributed by atoms with Crippen LogP contribution in [-0.4, -0.2) is 25.4 Å². The molecule has 0 aliphatic rings. The third-order valence-corrected chi connectivity index (χ3v) is 4.53. The summed E-state index contributed by atoms with van der Waals surface area (Å²) >= 11 is 0. The van der Waals surface area contributed by atoms with Crippen molar-refractivity contribution in [2.45, 2.75) is 0 Å². The van der Waals surface area contributed by atoms with Crippen LogP contribution in [0, 0.1) is 0 Å². The van der Waals surface area contributed by atoms with Crippen LogP contribution in [-0.2, 0) is 7.05 Å². The normalized spacial score (nSPS) is 11.2. The molecular weight excluding hydrogens is 354 g/mol. The number of carbonyl (C=O) groups is 1. The van der Waals surface area contributed by atoms with Crippen molar-refractivity contribution in [2.24, 2.45) is 7.05 Å². The highest BCUT2D eigenvalue weighted by atomic mass is 16.3. The van der Waals surface area contributed by atoms with Crippen molar-refractivity contribution in [3.63, 3.8) is 0 Å². The second kappa shape index (κ2) is 6.31. The zero-order valence-corrected chi connectivity index (χ0v) is 15.0. The van der Waals surface area contributed by atoms with Crippen LogP contribution in [0.1, 0.15) is 10.5 Å². The highest BCUT2D eigenvalue weighted by molar-refractivity contribution is 6.10. The summed E-state index contributed by atoms with van der Waals surface area (Å²) in [5.74, 6) is -0.00148. The predicted molar refractivity (Wildman–Crippen MR) is 106 cm³/mol. The average Bonchev–Trinajstić information content (AvgIpc) is 3.31. The minimum atomic E-state index is -0.310. The molecule has 0 aliphatic carbocycles. The van der Waals surface area contributed by atoms with Gasteiger partial charge in [0.15, 0.2) is 11.3 Å². The average molecular weight is 369 g/mol. The Morgan fingerprint density at radius 1 is 1.04 bits per heavy atom. The first-order valence-electron chi connectivity index (χ1n) is 8.73. The number of carbonyl (C=O) groups excluding carboxylic acids is 1. The van der Waals surface area contributed by atoms with E-state index in [9.17, 15) is 4.79 Å². The summed E-state index contributed by atoms with van der Waals surface area (Å²) in [6, 6.07) is 16.9. The predicted octanol–water partition coefficient (Wildman–Crippen LogP) is 4.03. The second-order valence-electron chi connectivity index (χ2n) is 6.37. The maximum atomic E-state index is 13.1. The van der Waals surface area contributed by atoms with E-state index < -0.39 is 0 Å². The van der Waals surface area contributed by atoms with E-state index in [1.807, 2.05) is 54.6 Å². The number of imidazole rings is 1. The van der Waals surface area contributed by atoms with Crippen LogP contribution in [0.4, 0.5) is 5.69 Å². The van der Waals surface area contributed by atoms with E-state index in [2.05, 4.69) is 20.3 Å². The third kappa shape index (κ3) is 2.61. The van der Waals surface area contributed by atoms with Gasteiger partial charge in [-0.25, -0.2) is 9.97 Å². The Bertz CT molecular complexity index is 1300. The van der Waals surface area contributed by atoms with Gasteiger partial charge in [0, 0.05) is 18.6 Å². The number of hydrogen-bond acceptors (Lipinski definition) is 5. The summed E-state index contributed by atoms with van der Waals surface area (Å²) in [4.78, 5) is 26.3. The molecule has 0 radical (unpaired) electrons. The lowest BCUT2D eigenvalue weighted by Gasteiger charge is -2.09. The summed E-state index contributed by atoms with van der Waals surface area (Å²) in [5.41, 5.74) is 3.47. The topological polar surface area (TPSA) is 85.8 Å². The SMILES string of the molecule is Cn1cnc(-c2nc3ccccc3o2)c1C(=O)Nc1cccc2cccnc12. The van der Waals surface area contributed by atoms with Gasteiger partial charge >= 0.3 is 0 Å². The molecule has 1 amide bonds. The number of hydrogen-bond donors (Lipinski definition) is 1. The van der Waals surface area contributed by atoms with Gasteiger partial charge in [-0.3, -0.25) is 9.78 Å². The van der Waals surface area contributed by atoms with Crippen molar-refractivity contribution in [2.75, 3.05) is 5.32 Å². The molecule has 3 heterocycles. The molecule has 1 N–H and O–H groups in total. The van der Waals surface area contributed by atoms with Gasteiger partial charge in [0.2, 0.25) is 5.89 Å². The van der Waals surface area contributed by atoms with Crippen molar-refractivity contribution < 1.29 is 9.21 Å². The molecule has 0 saturated carbocycles. The number of nitrogens with one attached hydrogen (secondary N) is 1. The van der Waals surface area contributed by atoms with E-state index in [1.54, 1.807) is 24.1 Å². The fourth-order valence-electron chi connectivity index (χ4n) is 3.21. The number of pyridine rings is 1. The molecule has 0 fully saturated rings. The maximum absolute atomic E-state index is 13.1. The van der Waals surface area contributed by atoms with Crippen molar-refractivity contribution in [3.8, 4) is 11.6 Å². The van der Waals surface area contributed by atoms with E-state index in [1.165, 1.54) is 0 Å². The number of aryl methyl sites for hydroxylation is 1. The van der Waals surface area contributed by atoms with Gasteiger partial charge in [-0.15, -0.1) is 0 Å². The Morgan fingerprint density at radius 3 is 2.79 bits per heavy atom. The number of anilines is 1. The summed E-state index contributed by atoms with van der Waals surface area (Å²) in [6.45, 7) is 0. The minimum Gasteiger partial charge on any atom is -0.435 e. The molecule has 0 spiro atoms. The molecule has 7 nitrogen and oxygen atoms in total. The van der Waals surface area contributed by atoms with Gasteiger partial charge in [-0.05, 0) is 24.3 Å². The van der Waals surface area contributed by atoms with E-state index in [4.69, 9.17) is 4.42 Å². The van der Waals surface area contributed by atoms with Crippen LogP contribution in [0.5, 0.6) is 0 Å². The fraction of sp³-hybridized carbons (Fsp3) is 0.0476. The highest BCUT2D eigenvalue weighted by Gasteiger charge is 2.23. The molecule has 136 valence electrons. The monoisotopic (exact) mass is 369 g/mol. The first kappa shape index (κ1) is 16.2. The molecule has 3 aromatic heterocycles. The van der Waals surface area contributed by atoms with Crippen LogP contribution >= 0.6 is 0 Å². The van der Waals surface area contributed by atoms with Crippen LogP contribution in [0.15, 0.2) is 71.5 Å². The van der Waals surface area contributed by atoms with Crippen LogP contribution in [0.25, 0.3) is 33.6 Å². The summed E-state index contributed by atoms with van der Waals surface area (Å²) in [7, 11) is 1.76. The summed E-state index contributed by atoms with van der Waals surface area (Å²) in [5, 5.41) is 3.89. The molecule has 5 aromatic rings. The number of para-hydroxylation sites is 3.